The SMILES string of the molecule is CC=CC(F)(F)C(=O)OCC. The number of carbonyl (C=O) groups excluding carboxylic acids is 1. The third-order valence-corrected chi connectivity index (χ3v) is 0.924. The normalized spacial score (nSPS) is 12.0. The van der Waals surface area contributed by atoms with Crippen LogP contribution in [0.1, 0.15) is 13.8 Å². The number of allylic oxidation sites excluding steroid dienone is 1. The number of halogens is 2. The molecule has 0 atom stereocenters. The van der Waals surface area contributed by atoms with Gasteiger partial charge in [0.15, 0.2) is 0 Å². The molecule has 0 aromatic carbocycles. The van der Waals surface area contributed by atoms with Crippen LogP contribution < -0.4 is 0 Å². The third-order valence-electron chi connectivity index (χ3n) is 0.924. The minimum Gasteiger partial charge on any atom is -0.461 e. The molecule has 4 heteroatoms. The molecule has 0 fully saturated rings. The van der Waals surface area contributed by atoms with E-state index >= 15 is 0 Å². The first kappa shape index (κ1) is 10.1. The standard InChI is InChI=1S/C7H10F2O2/c1-3-5-7(8,9)6(10)11-4-2/h3,5H,4H2,1-2H3. The molecule has 0 aliphatic rings. The van der Waals surface area contributed by atoms with E-state index in [0.717, 1.165) is 6.08 Å². The van der Waals surface area contributed by atoms with Gasteiger partial charge in [0.1, 0.15) is 0 Å². The molecule has 0 heterocycles. The van der Waals surface area contributed by atoms with Crippen LogP contribution in [0.25, 0.3) is 0 Å². The number of hydrogen-bond acceptors (Lipinski definition) is 2. The van der Waals surface area contributed by atoms with Crippen LogP contribution in [0, 0.1) is 0 Å². The summed E-state index contributed by atoms with van der Waals surface area (Å²) in [6, 6.07) is 0. The van der Waals surface area contributed by atoms with Gasteiger partial charge < -0.3 is 4.74 Å². The molecule has 0 bridgehead atoms. The van der Waals surface area contributed by atoms with Gasteiger partial charge in [-0.05, 0) is 19.9 Å². The molecule has 11 heavy (non-hydrogen) atoms. The molecule has 2 nitrogen and oxygen atoms in total. The van der Waals surface area contributed by atoms with E-state index in [1.54, 1.807) is 0 Å². The van der Waals surface area contributed by atoms with Crippen molar-refractivity contribution in [3.8, 4) is 0 Å². The fourth-order valence-electron chi connectivity index (χ4n) is 0.505. The summed E-state index contributed by atoms with van der Waals surface area (Å²) >= 11 is 0. The second-order valence-electron chi connectivity index (χ2n) is 1.84. The smallest absolute Gasteiger partial charge is 0.381 e. The second kappa shape index (κ2) is 4.05. The number of hydrogen-bond donors (Lipinski definition) is 0. The van der Waals surface area contributed by atoms with Crippen molar-refractivity contribution in [1.82, 2.24) is 0 Å². The van der Waals surface area contributed by atoms with Gasteiger partial charge in [-0.1, -0.05) is 6.08 Å². The van der Waals surface area contributed by atoms with Crippen molar-refractivity contribution in [2.45, 2.75) is 19.8 Å². The molecular formula is C7H10F2O2. The zero-order valence-corrected chi connectivity index (χ0v) is 6.43. The van der Waals surface area contributed by atoms with Gasteiger partial charge in [-0.3, -0.25) is 0 Å². The molecule has 0 radical (unpaired) electrons. The lowest BCUT2D eigenvalue weighted by molar-refractivity contribution is -0.164. The molecule has 0 N–H and O–H groups in total. The molecule has 0 unspecified atom stereocenters. The Labute approximate surface area is 63.8 Å². The van der Waals surface area contributed by atoms with Gasteiger partial charge in [-0.2, -0.15) is 8.78 Å². The van der Waals surface area contributed by atoms with Gasteiger partial charge in [0.25, 0.3) is 0 Å². The van der Waals surface area contributed by atoms with E-state index in [1.807, 2.05) is 0 Å². The first-order chi connectivity index (χ1) is 5.04. The largest absolute Gasteiger partial charge is 0.461 e. The van der Waals surface area contributed by atoms with Crippen molar-refractivity contribution in [2.75, 3.05) is 6.61 Å². The van der Waals surface area contributed by atoms with Crippen molar-refractivity contribution >= 4 is 5.97 Å². The predicted molar refractivity (Wildman–Crippen MR) is 36.4 cm³/mol. The minimum atomic E-state index is -3.48. The highest BCUT2D eigenvalue weighted by Gasteiger charge is 2.36. The highest BCUT2D eigenvalue weighted by atomic mass is 19.3. The highest BCUT2D eigenvalue weighted by Crippen LogP contribution is 2.16. The molecular weight excluding hydrogens is 154 g/mol. The number of ether oxygens (including phenoxy) is 1. The van der Waals surface area contributed by atoms with Gasteiger partial charge in [-0.15, -0.1) is 0 Å². The van der Waals surface area contributed by atoms with Crippen molar-refractivity contribution in [3.63, 3.8) is 0 Å². The third kappa shape index (κ3) is 3.11. The molecule has 0 aliphatic carbocycles. The predicted octanol–water partition coefficient (Wildman–Crippen LogP) is 1.76. The Hall–Kier alpha value is -0.930. The molecule has 0 aromatic rings. The molecule has 0 saturated heterocycles. The van der Waals surface area contributed by atoms with Crippen molar-refractivity contribution in [2.24, 2.45) is 0 Å². The minimum absolute atomic E-state index is 0.0357. The zero-order chi connectivity index (χ0) is 8.91. The lowest BCUT2D eigenvalue weighted by Gasteiger charge is -2.08. The van der Waals surface area contributed by atoms with Crippen LogP contribution in [0.3, 0.4) is 0 Å². The molecule has 0 aromatic heterocycles. The fourth-order valence-corrected chi connectivity index (χ4v) is 0.505. The van der Waals surface area contributed by atoms with Gasteiger partial charge in [-0.25, -0.2) is 4.79 Å². The summed E-state index contributed by atoms with van der Waals surface area (Å²) in [5.41, 5.74) is 0. The van der Waals surface area contributed by atoms with Crippen LogP contribution >= 0.6 is 0 Å². The number of alkyl halides is 2. The zero-order valence-electron chi connectivity index (χ0n) is 6.43. The van der Waals surface area contributed by atoms with Crippen LogP contribution in [0.15, 0.2) is 12.2 Å². The summed E-state index contributed by atoms with van der Waals surface area (Å²) in [6.45, 7) is 2.85. The van der Waals surface area contributed by atoms with Gasteiger partial charge in [0, 0.05) is 0 Å². The first-order valence-corrected chi connectivity index (χ1v) is 3.23. The fraction of sp³-hybridized carbons (Fsp3) is 0.571. The lowest BCUT2D eigenvalue weighted by Crippen LogP contribution is -2.28. The Morgan fingerprint density at radius 1 is 1.64 bits per heavy atom. The van der Waals surface area contributed by atoms with E-state index in [-0.39, 0.29) is 6.61 Å². The Morgan fingerprint density at radius 2 is 2.18 bits per heavy atom. The number of rotatable bonds is 3. The summed E-state index contributed by atoms with van der Waals surface area (Å²) in [5, 5.41) is 0. The molecule has 64 valence electrons. The van der Waals surface area contributed by atoms with E-state index in [4.69, 9.17) is 0 Å². The van der Waals surface area contributed by atoms with Gasteiger partial charge >= 0.3 is 11.9 Å². The summed E-state index contributed by atoms with van der Waals surface area (Å²) in [5.74, 6) is -4.98. The molecule has 0 spiro atoms. The summed E-state index contributed by atoms with van der Waals surface area (Å²) in [7, 11) is 0. The molecule has 0 amide bonds. The van der Waals surface area contributed by atoms with Gasteiger partial charge in [0.05, 0.1) is 6.61 Å². The quantitative estimate of drug-likeness (QED) is 0.469. The topological polar surface area (TPSA) is 26.3 Å². The molecule has 0 aliphatic heterocycles. The maximum atomic E-state index is 12.4. The maximum absolute atomic E-state index is 12.4. The Kier molecular flexibility index (Phi) is 3.71. The van der Waals surface area contributed by atoms with Crippen molar-refractivity contribution < 1.29 is 18.3 Å². The van der Waals surface area contributed by atoms with E-state index < -0.39 is 11.9 Å². The average molecular weight is 164 g/mol. The van der Waals surface area contributed by atoms with Crippen molar-refractivity contribution in [1.29, 1.82) is 0 Å². The first-order valence-electron chi connectivity index (χ1n) is 3.23. The Balaban J connectivity index is 4.17. The highest BCUT2D eigenvalue weighted by molar-refractivity contribution is 5.79. The summed E-state index contributed by atoms with van der Waals surface area (Å²) < 4.78 is 29.0. The van der Waals surface area contributed by atoms with E-state index in [2.05, 4.69) is 4.74 Å². The number of esters is 1. The monoisotopic (exact) mass is 164 g/mol. The second-order valence-corrected chi connectivity index (χ2v) is 1.84. The lowest BCUT2D eigenvalue weighted by atomic mass is 10.3. The van der Waals surface area contributed by atoms with Crippen molar-refractivity contribution in [3.05, 3.63) is 12.2 Å². The van der Waals surface area contributed by atoms with Crippen LogP contribution in [-0.2, 0) is 9.53 Å². The van der Waals surface area contributed by atoms with E-state index in [1.165, 1.54) is 13.8 Å². The molecule has 0 saturated carbocycles. The van der Waals surface area contributed by atoms with Crippen LogP contribution in [0.4, 0.5) is 8.78 Å². The average Bonchev–Trinajstić information content (AvgIpc) is 1.88. The number of carbonyl (C=O) groups is 1. The van der Waals surface area contributed by atoms with Crippen LogP contribution in [0.5, 0.6) is 0 Å². The Morgan fingerprint density at radius 3 is 2.55 bits per heavy atom. The van der Waals surface area contributed by atoms with Crippen LogP contribution in [-0.4, -0.2) is 18.5 Å². The summed E-state index contributed by atoms with van der Waals surface area (Å²) in [4.78, 5) is 10.4. The van der Waals surface area contributed by atoms with E-state index in [0.29, 0.717) is 6.08 Å². The van der Waals surface area contributed by atoms with Gasteiger partial charge in [0.2, 0.25) is 0 Å². The maximum Gasteiger partial charge on any atom is 0.381 e. The molecule has 0 rings (SSSR count). The van der Waals surface area contributed by atoms with E-state index in [9.17, 15) is 13.6 Å². The Bertz CT molecular complexity index is 164. The van der Waals surface area contributed by atoms with Crippen LogP contribution in [0.2, 0.25) is 0 Å². The summed E-state index contributed by atoms with van der Waals surface area (Å²) in [6.07, 6.45) is 1.61.